The summed E-state index contributed by atoms with van der Waals surface area (Å²) in [5.74, 6) is 0.271. The van der Waals surface area contributed by atoms with Gasteiger partial charge in [0, 0.05) is 25.0 Å². The summed E-state index contributed by atoms with van der Waals surface area (Å²) in [5, 5.41) is 10.3. The molecular formula is C25H29F3N4OS. The molecule has 182 valence electrons. The van der Waals surface area contributed by atoms with Crippen molar-refractivity contribution in [1.29, 1.82) is 0 Å². The molecule has 1 fully saturated rings. The van der Waals surface area contributed by atoms with Crippen LogP contribution >= 0.6 is 11.3 Å². The summed E-state index contributed by atoms with van der Waals surface area (Å²) in [4.78, 5) is 17.4. The zero-order valence-corrected chi connectivity index (χ0v) is 20.4. The number of nitrogens with zero attached hydrogens (tertiary/aromatic N) is 3. The third-order valence-electron chi connectivity index (χ3n) is 6.69. The number of benzene rings is 1. The number of hydrogen-bond acceptors (Lipinski definition) is 5. The Balaban J connectivity index is 1.59. The number of aromatic nitrogens is 3. The van der Waals surface area contributed by atoms with Crippen molar-refractivity contribution in [3.05, 3.63) is 68.1 Å². The molecule has 2 aromatic heterocycles. The fourth-order valence-electron chi connectivity index (χ4n) is 4.75. The quantitative estimate of drug-likeness (QED) is 0.464. The largest absolute Gasteiger partial charge is 0.416 e. The number of halogens is 3. The van der Waals surface area contributed by atoms with Crippen LogP contribution in [-0.4, -0.2) is 14.8 Å². The predicted octanol–water partition coefficient (Wildman–Crippen LogP) is 5.95. The van der Waals surface area contributed by atoms with E-state index < -0.39 is 11.7 Å². The van der Waals surface area contributed by atoms with E-state index in [0.717, 1.165) is 48.7 Å². The molecule has 34 heavy (non-hydrogen) atoms. The van der Waals surface area contributed by atoms with E-state index in [9.17, 15) is 18.0 Å². The monoisotopic (exact) mass is 490 g/mol. The van der Waals surface area contributed by atoms with E-state index in [2.05, 4.69) is 15.4 Å². The highest BCUT2D eigenvalue weighted by atomic mass is 32.1. The maximum Gasteiger partial charge on any atom is 0.416 e. The molecule has 2 heterocycles. The molecule has 1 unspecified atom stereocenters. The lowest BCUT2D eigenvalue weighted by Crippen LogP contribution is -2.30. The second-order valence-corrected chi connectivity index (χ2v) is 9.90. The van der Waals surface area contributed by atoms with Crippen LogP contribution in [0.15, 0.2) is 34.4 Å². The Morgan fingerprint density at radius 2 is 1.94 bits per heavy atom. The molecule has 0 saturated heterocycles. The molecule has 0 bridgehead atoms. The van der Waals surface area contributed by atoms with E-state index in [1.54, 1.807) is 13.1 Å². The molecule has 0 aliphatic heterocycles. The van der Waals surface area contributed by atoms with Crippen molar-refractivity contribution in [1.82, 2.24) is 20.1 Å². The van der Waals surface area contributed by atoms with Crippen LogP contribution in [0.4, 0.5) is 13.2 Å². The zero-order chi connectivity index (χ0) is 24.5. The van der Waals surface area contributed by atoms with Crippen molar-refractivity contribution < 1.29 is 13.2 Å². The lowest BCUT2D eigenvalue weighted by atomic mass is 9.81. The van der Waals surface area contributed by atoms with Crippen molar-refractivity contribution >= 4 is 11.3 Å². The fraction of sp³-hybridized carbons (Fsp3) is 0.480. The van der Waals surface area contributed by atoms with Crippen LogP contribution in [0, 0.1) is 19.8 Å². The molecule has 1 aliphatic rings. The van der Waals surface area contributed by atoms with Gasteiger partial charge in [0.25, 0.3) is 5.56 Å². The summed E-state index contributed by atoms with van der Waals surface area (Å²) >= 11 is 1.40. The van der Waals surface area contributed by atoms with Crippen LogP contribution in [0.2, 0.25) is 0 Å². The van der Waals surface area contributed by atoms with Gasteiger partial charge in [-0.15, -0.1) is 11.3 Å². The first-order valence-electron chi connectivity index (χ1n) is 11.5. The number of thiazole rings is 1. The van der Waals surface area contributed by atoms with Gasteiger partial charge in [-0.25, -0.2) is 9.67 Å². The van der Waals surface area contributed by atoms with Gasteiger partial charge in [-0.1, -0.05) is 31.4 Å². The minimum absolute atomic E-state index is 0.189. The highest BCUT2D eigenvalue weighted by Gasteiger charge is 2.32. The summed E-state index contributed by atoms with van der Waals surface area (Å²) in [6, 6.07) is 5.46. The second kappa shape index (κ2) is 10.00. The molecule has 1 N–H and O–H groups in total. The molecule has 4 rings (SSSR count). The molecule has 1 atom stereocenters. The highest BCUT2D eigenvalue weighted by molar-refractivity contribution is 7.13. The van der Waals surface area contributed by atoms with Crippen molar-refractivity contribution in [3.63, 3.8) is 0 Å². The lowest BCUT2D eigenvalue weighted by Gasteiger charge is -2.31. The Morgan fingerprint density at radius 3 is 2.65 bits per heavy atom. The van der Waals surface area contributed by atoms with Crippen LogP contribution in [0.5, 0.6) is 0 Å². The van der Waals surface area contributed by atoms with Gasteiger partial charge in [0.1, 0.15) is 5.01 Å². The van der Waals surface area contributed by atoms with Gasteiger partial charge in [-0.3, -0.25) is 4.79 Å². The summed E-state index contributed by atoms with van der Waals surface area (Å²) in [6.45, 7) is 4.14. The molecule has 0 spiro atoms. The standard InChI is InChI=1S/C25H29F3N4OS/c1-15-16(2)31-32(3)24(33)21(15)23-30-20(14-34-23)13-29-22(17-8-5-4-6-9-17)18-10-7-11-19(12-18)25(26,27)28/h7,10-12,14,17,22,29H,4-6,8-9,13H2,1-3H3. The normalized spacial score (nSPS) is 16.1. The van der Waals surface area contributed by atoms with E-state index in [0.29, 0.717) is 22.7 Å². The fourth-order valence-corrected chi connectivity index (χ4v) is 5.66. The Labute approximate surface area is 201 Å². The van der Waals surface area contributed by atoms with E-state index in [-0.39, 0.29) is 17.5 Å². The van der Waals surface area contributed by atoms with E-state index >= 15 is 0 Å². The molecule has 1 saturated carbocycles. The van der Waals surface area contributed by atoms with Crippen molar-refractivity contribution in [2.24, 2.45) is 13.0 Å². The molecule has 1 aliphatic carbocycles. The Morgan fingerprint density at radius 1 is 1.21 bits per heavy atom. The van der Waals surface area contributed by atoms with Crippen molar-refractivity contribution in [2.75, 3.05) is 0 Å². The minimum atomic E-state index is -4.37. The van der Waals surface area contributed by atoms with E-state index in [1.807, 2.05) is 19.2 Å². The maximum atomic E-state index is 13.3. The van der Waals surface area contributed by atoms with Crippen LogP contribution in [0.25, 0.3) is 10.6 Å². The third kappa shape index (κ3) is 5.25. The zero-order valence-electron chi connectivity index (χ0n) is 19.6. The smallest absolute Gasteiger partial charge is 0.304 e. The van der Waals surface area contributed by atoms with Crippen LogP contribution in [0.1, 0.15) is 66.2 Å². The average molecular weight is 491 g/mol. The predicted molar refractivity (Wildman–Crippen MR) is 128 cm³/mol. The molecule has 1 aromatic carbocycles. The second-order valence-electron chi connectivity index (χ2n) is 9.04. The van der Waals surface area contributed by atoms with Gasteiger partial charge in [-0.2, -0.15) is 18.3 Å². The van der Waals surface area contributed by atoms with Gasteiger partial charge < -0.3 is 5.32 Å². The molecule has 9 heteroatoms. The SMILES string of the molecule is Cc1nn(C)c(=O)c(-c2nc(CNC(c3cccc(C(F)(F)F)c3)C3CCCCC3)cs2)c1C. The number of alkyl halides is 3. The highest BCUT2D eigenvalue weighted by Crippen LogP contribution is 2.37. The average Bonchev–Trinajstić information content (AvgIpc) is 3.27. The summed E-state index contributed by atoms with van der Waals surface area (Å²) < 4.78 is 41.4. The van der Waals surface area contributed by atoms with Gasteiger partial charge >= 0.3 is 6.18 Å². The number of aryl methyl sites for hydroxylation is 2. The maximum absolute atomic E-state index is 13.3. The van der Waals surface area contributed by atoms with Gasteiger partial charge in [-0.05, 0) is 55.9 Å². The summed E-state index contributed by atoms with van der Waals surface area (Å²) in [6.07, 6.45) is 0.952. The summed E-state index contributed by atoms with van der Waals surface area (Å²) in [5.41, 5.74) is 2.74. The lowest BCUT2D eigenvalue weighted by molar-refractivity contribution is -0.137. The number of hydrogen-bond donors (Lipinski definition) is 1. The minimum Gasteiger partial charge on any atom is -0.304 e. The summed E-state index contributed by atoms with van der Waals surface area (Å²) in [7, 11) is 1.62. The Hall–Kier alpha value is -2.52. The number of rotatable bonds is 6. The van der Waals surface area contributed by atoms with Crippen molar-refractivity contribution in [2.45, 2.75) is 64.7 Å². The van der Waals surface area contributed by atoms with Crippen molar-refractivity contribution in [3.8, 4) is 10.6 Å². The van der Waals surface area contributed by atoms with Crippen LogP contribution in [0.3, 0.4) is 0 Å². The molecule has 0 amide bonds. The number of nitrogens with one attached hydrogen (secondary N) is 1. The van der Waals surface area contributed by atoms with E-state index in [1.165, 1.54) is 34.6 Å². The Bertz CT molecular complexity index is 1210. The van der Waals surface area contributed by atoms with Crippen LogP contribution < -0.4 is 10.9 Å². The first-order valence-corrected chi connectivity index (χ1v) is 12.4. The topological polar surface area (TPSA) is 59.8 Å². The van der Waals surface area contributed by atoms with E-state index in [4.69, 9.17) is 0 Å². The van der Waals surface area contributed by atoms with Crippen LogP contribution in [-0.2, 0) is 19.8 Å². The Kier molecular flexibility index (Phi) is 7.23. The molecular weight excluding hydrogens is 461 g/mol. The van der Waals surface area contributed by atoms with Gasteiger partial charge in [0.05, 0.1) is 22.5 Å². The first-order chi connectivity index (χ1) is 16.1. The molecule has 5 nitrogen and oxygen atoms in total. The first kappa shape index (κ1) is 24.6. The van der Waals surface area contributed by atoms with Gasteiger partial charge in [0.2, 0.25) is 0 Å². The van der Waals surface area contributed by atoms with Gasteiger partial charge in [0.15, 0.2) is 0 Å². The molecule has 0 radical (unpaired) electrons. The third-order valence-corrected chi connectivity index (χ3v) is 7.60. The molecule has 3 aromatic rings.